The molecule has 132 valence electrons. The first-order chi connectivity index (χ1) is 11.4. The van der Waals surface area contributed by atoms with Gasteiger partial charge >= 0.3 is 6.09 Å². The Labute approximate surface area is 148 Å². The molecule has 1 saturated heterocycles. The molecule has 6 heteroatoms. The van der Waals surface area contributed by atoms with Gasteiger partial charge in [0.05, 0.1) is 12.8 Å². The Bertz CT molecular complexity index is 619. The van der Waals surface area contributed by atoms with Gasteiger partial charge in [0.15, 0.2) is 0 Å². The summed E-state index contributed by atoms with van der Waals surface area (Å²) in [7, 11) is 1.69. The molecule has 0 N–H and O–H groups in total. The number of thioether (sulfide) groups is 1. The Morgan fingerprint density at radius 2 is 2.00 bits per heavy atom. The fraction of sp³-hybridized carbons (Fsp3) is 0.667. The molecule has 1 aromatic rings. The molecule has 0 bridgehead atoms. The van der Waals surface area contributed by atoms with Crippen LogP contribution in [0.25, 0.3) is 0 Å². The summed E-state index contributed by atoms with van der Waals surface area (Å²) in [6.07, 6.45) is 1.63. The zero-order valence-electron chi connectivity index (χ0n) is 14.9. The van der Waals surface area contributed by atoms with E-state index in [2.05, 4.69) is 6.07 Å². The van der Waals surface area contributed by atoms with E-state index in [0.29, 0.717) is 19.0 Å². The van der Waals surface area contributed by atoms with Crippen molar-refractivity contribution in [1.29, 1.82) is 0 Å². The van der Waals surface area contributed by atoms with Crippen LogP contribution < -0.4 is 4.74 Å². The molecule has 1 fully saturated rings. The van der Waals surface area contributed by atoms with E-state index in [9.17, 15) is 4.79 Å². The fourth-order valence-corrected chi connectivity index (χ4v) is 4.27. The molecular formula is C18H26N2O3S. The van der Waals surface area contributed by atoms with E-state index in [4.69, 9.17) is 14.5 Å². The van der Waals surface area contributed by atoms with E-state index in [0.717, 1.165) is 35.9 Å². The first-order valence-electron chi connectivity index (χ1n) is 8.49. The number of aromatic nitrogens is 1. The van der Waals surface area contributed by atoms with Crippen molar-refractivity contribution in [3.05, 3.63) is 22.9 Å². The second-order valence-electron chi connectivity index (χ2n) is 7.43. The van der Waals surface area contributed by atoms with Gasteiger partial charge in [-0.05, 0) is 51.2 Å². The lowest BCUT2D eigenvalue weighted by atomic mass is 9.89. The van der Waals surface area contributed by atoms with E-state index < -0.39 is 5.60 Å². The van der Waals surface area contributed by atoms with Crippen LogP contribution in [-0.2, 0) is 16.2 Å². The second-order valence-corrected chi connectivity index (χ2v) is 8.41. The van der Waals surface area contributed by atoms with Gasteiger partial charge in [0.25, 0.3) is 0 Å². The van der Waals surface area contributed by atoms with Gasteiger partial charge in [0, 0.05) is 30.2 Å². The smallest absolute Gasteiger partial charge is 0.410 e. The summed E-state index contributed by atoms with van der Waals surface area (Å²) >= 11 is 1.90. The molecule has 0 aliphatic carbocycles. The number of hydrogen-bond donors (Lipinski definition) is 0. The minimum Gasteiger partial charge on any atom is -0.481 e. The summed E-state index contributed by atoms with van der Waals surface area (Å²) in [6, 6.07) is 2.27. The highest BCUT2D eigenvalue weighted by Gasteiger charge is 2.30. The van der Waals surface area contributed by atoms with E-state index in [1.807, 2.05) is 37.4 Å². The first kappa shape index (κ1) is 17.4. The standard InChI is InChI=1S/C18H26N2O3S/c1-18(2,3)23-17(21)20-7-5-12(6-8-20)14-9-13-10-24-11-15(13)19-16(14)22-4/h9,12H,5-8,10-11H2,1-4H3. The third-order valence-corrected chi connectivity index (χ3v) is 5.45. The second kappa shape index (κ2) is 6.82. The minimum absolute atomic E-state index is 0.212. The zero-order valence-corrected chi connectivity index (χ0v) is 15.7. The quantitative estimate of drug-likeness (QED) is 0.808. The number of carbonyl (C=O) groups is 1. The summed E-state index contributed by atoms with van der Waals surface area (Å²) in [5, 5.41) is 0. The molecule has 5 nitrogen and oxygen atoms in total. The Morgan fingerprint density at radius 1 is 1.29 bits per heavy atom. The number of hydrogen-bond acceptors (Lipinski definition) is 5. The molecule has 3 heterocycles. The molecule has 3 rings (SSSR count). The van der Waals surface area contributed by atoms with Gasteiger partial charge in [-0.3, -0.25) is 0 Å². The van der Waals surface area contributed by atoms with Crippen LogP contribution in [-0.4, -0.2) is 41.8 Å². The summed E-state index contributed by atoms with van der Waals surface area (Å²) in [4.78, 5) is 18.7. The van der Waals surface area contributed by atoms with Crippen molar-refractivity contribution in [2.75, 3.05) is 20.2 Å². The maximum Gasteiger partial charge on any atom is 0.410 e. The summed E-state index contributed by atoms with van der Waals surface area (Å²) in [6.45, 7) is 7.13. The van der Waals surface area contributed by atoms with Crippen molar-refractivity contribution in [2.24, 2.45) is 0 Å². The van der Waals surface area contributed by atoms with Gasteiger partial charge in [-0.2, -0.15) is 11.8 Å². The molecule has 1 amide bonds. The summed E-state index contributed by atoms with van der Waals surface area (Å²) in [5.74, 6) is 3.16. The normalized spacial score (nSPS) is 18.4. The van der Waals surface area contributed by atoms with Gasteiger partial charge in [-0.1, -0.05) is 0 Å². The SMILES string of the molecule is COc1nc2c(cc1C1CCN(C(=O)OC(C)(C)C)CC1)CSC2. The average molecular weight is 350 g/mol. The minimum atomic E-state index is -0.446. The average Bonchev–Trinajstić information content (AvgIpc) is 2.99. The predicted octanol–water partition coefficient (Wildman–Crippen LogP) is 3.95. The van der Waals surface area contributed by atoms with Crippen molar-refractivity contribution < 1.29 is 14.3 Å². The lowest BCUT2D eigenvalue weighted by Crippen LogP contribution is -2.41. The van der Waals surface area contributed by atoms with Gasteiger partial charge in [0.2, 0.25) is 5.88 Å². The number of likely N-dealkylation sites (tertiary alicyclic amines) is 1. The summed E-state index contributed by atoms with van der Waals surface area (Å²) < 4.78 is 11.0. The largest absolute Gasteiger partial charge is 0.481 e. The lowest BCUT2D eigenvalue weighted by Gasteiger charge is -2.34. The van der Waals surface area contributed by atoms with Crippen molar-refractivity contribution >= 4 is 17.9 Å². The third kappa shape index (κ3) is 3.79. The van der Waals surface area contributed by atoms with Gasteiger partial charge in [-0.25, -0.2) is 9.78 Å². The number of piperidine rings is 1. The zero-order chi connectivity index (χ0) is 17.3. The molecule has 1 aromatic heterocycles. The molecule has 24 heavy (non-hydrogen) atoms. The highest BCUT2D eigenvalue weighted by molar-refractivity contribution is 7.98. The van der Waals surface area contributed by atoms with Gasteiger partial charge < -0.3 is 14.4 Å². The number of methoxy groups -OCH3 is 1. The van der Waals surface area contributed by atoms with Crippen LogP contribution in [0.4, 0.5) is 4.79 Å². The van der Waals surface area contributed by atoms with Crippen molar-refractivity contribution in [3.8, 4) is 5.88 Å². The Hall–Kier alpha value is -1.43. The van der Waals surface area contributed by atoms with Crippen LogP contribution in [0.2, 0.25) is 0 Å². The number of amides is 1. The van der Waals surface area contributed by atoms with E-state index >= 15 is 0 Å². The fourth-order valence-electron chi connectivity index (χ4n) is 3.25. The molecular weight excluding hydrogens is 324 g/mol. The molecule has 2 aliphatic rings. The predicted molar refractivity (Wildman–Crippen MR) is 95.6 cm³/mol. The molecule has 2 aliphatic heterocycles. The number of nitrogens with zero attached hydrogens (tertiary/aromatic N) is 2. The lowest BCUT2D eigenvalue weighted by molar-refractivity contribution is 0.0204. The number of carbonyl (C=O) groups excluding carboxylic acids is 1. The number of rotatable bonds is 2. The monoisotopic (exact) mass is 350 g/mol. The van der Waals surface area contributed by atoms with E-state index in [-0.39, 0.29) is 6.09 Å². The number of fused-ring (bicyclic) bond motifs is 1. The van der Waals surface area contributed by atoms with E-state index in [1.54, 1.807) is 7.11 Å². The highest BCUT2D eigenvalue weighted by atomic mass is 32.2. The van der Waals surface area contributed by atoms with Crippen LogP contribution in [0.15, 0.2) is 6.07 Å². The van der Waals surface area contributed by atoms with Crippen LogP contribution in [0.3, 0.4) is 0 Å². The van der Waals surface area contributed by atoms with Gasteiger partial charge in [-0.15, -0.1) is 0 Å². The van der Waals surface area contributed by atoms with Crippen LogP contribution in [0, 0.1) is 0 Å². The van der Waals surface area contributed by atoms with Crippen molar-refractivity contribution in [3.63, 3.8) is 0 Å². The van der Waals surface area contributed by atoms with Gasteiger partial charge in [0.1, 0.15) is 5.60 Å². The molecule has 0 unspecified atom stereocenters. The number of ether oxygens (including phenoxy) is 2. The van der Waals surface area contributed by atoms with Crippen molar-refractivity contribution in [2.45, 2.75) is 56.6 Å². The molecule has 0 aromatic carbocycles. The van der Waals surface area contributed by atoms with Crippen LogP contribution in [0.5, 0.6) is 5.88 Å². The topological polar surface area (TPSA) is 51.7 Å². The Kier molecular flexibility index (Phi) is 4.95. The number of pyridine rings is 1. The highest BCUT2D eigenvalue weighted by Crippen LogP contribution is 2.38. The van der Waals surface area contributed by atoms with Crippen molar-refractivity contribution in [1.82, 2.24) is 9.88 Å². The van der Waals surface area contributed by atoms with E-state index in [1.165, 1.54) is 11.1 Å². The Balaban J connectivity index is 1.68. The molecule has 0 radical (unpaired) electrons. The van der Waals surface area contributed by atoms with Crippen LogP contribution >= 0.6 is 11.8 Å². The molecule has 0 saturated carbocycles. The maximum atomic E-state index is 12.2. The maximum absolute atomic E-state index is 12.2. The molecule has 0 atom stereocenters. The first-order valence-corrected chi connectivity index (χ1v) is 9.65. The summed E-state index contributed by atoms with van der Waals surface area (Å²) in [5.41, 5.74) is 3.25. The Morgan fingerprint density at radius 3 is 2.62 bits per heavy atom. The third-order valence-electron chi connectivity index (χ3n) is 4.46. The van der Waals surface area contributed by atoms with Crippen LogP contribution in [0.1, 0.15) is 56.4 Å². The molecule has 0 spiro atoms.